The number of nitrogens with zero attached hydrogens (tertiary/aromatic N) is 1. The molecule has 2 nitrogen and oxygen atoms in total. The molecule has 0 saturated heterocycles. The second-order valence-corrected chi connectivity index (χ2v) is 6.60. The van der Waals surface area contributed by atoms with Gasteiger partial charge in [-0.05, 0) is 21.7 Å². The van der Waals surface area contributed by atoms with E-state index in [0.29, 0.717) is 0 Å². The van der Waals surface area contributed by atoms with Crippen LogP contribution in [0.2, 0.25) is 0 Å². The van der Waals surface area contributed by atoms with Crippen LogP contribution >= 0.6 is 15.9 Å². The summed E-state index contributed by atoms with van der Waals surface area (Å²) in [4.78, 5) is 4.06. The zero-order valence-corrected chi connectivity index (χ0v) is 9.35. The fourth-order valence-corrected chi connectivity index (χ4v) is 1.84. The highest BCUT2D eigenvalue weighted by Gasteiger charge is 1.93. The highest BCUT2D eigenvalue weighted by Crippen LogP contribution is 2.07. The smallest absolute Gasteiger partial charge is 0.0719 e. The van der Waals surface area contributed by atoms with Gasteiger partial charge in [-0.2, -0.15) is 0 Å². The van der Waals surface area contributed by atoms with E-state index in [4.69, 9.17) is 0 Å². The number of pyridine rings is 1. The van der Waals surface area contributed by atoms with Gasteiger partial charge in [0, 0.05) is 28.5 Å². The molecular weight excluding hydrogens is 238 g/mol. The Labute approximate surface area is 81.2 Å². The van der Waals surface area contributed by atoms with E-state index in [1.165, 1.54) is 0 Å². The molecule has 0 bridgehead atoms. The van der Waals surface area contributed by atoms with Crippen molar-refractivity contribution in [2.24, 2.45) is 0 Å². The Balaban J connectivity index is 3.15. The average molecular weight is 248 g/mol. The predicted molar refractivity (Wildman–Crippen MR) is 57.1 cm³/mol. The maximum atomic E-state index is 11.4. The maximum absolute atomic E-state index is 11.4. The first-order valence-electron chi connectivity index (χ1n) is 3.38. The molecule has 1 aromatic heterocycles. The number of hydrogen-bond donors (Lipinski definition) is 0. The Bertz CT molecular complexity index is 386. The van der Waals surface area contributed by atoms with Crippen molar-refractivity contribution in [1.82, 2.24) is 4.98 Å². The lowest BCUT2D eigenvalue weighted by Crippen LogP contribution is -1.99. The second-order valence-electron chi connectivity index (χ2n) is 2.83. The van der Waals surface area contributed by atoms with E-state index in [-0.39, 0.29) is 0 Å². The van der Waals surface area contributed by atoms with Gasteiger partial charge < -0.3 is 0 Å². The molecule has 0 spiro atoms. The van der Waals surface area contributed by atoms with E-state index in [0.717, 1.165) is 10.2 Å². The summed E-state index contributed by atoms with van der Waals surface area (Å²) in [5.41, 5.74) is 0.749. The standard InChI is InChI=1S/C8H10BrNOS/c1-12(2,11)6-8-5-7(9)3-4-10-8/h3-6H,1-2H3. The molecule has 66 valence electrons. The third-order valence-corrected chi connectivity index (χ3v) is 2.45. The lowest BCUT2D eigenvalue weighted by atomic mass is 10.4. The van der Waals surface area contributed by atoms with E-state index >= 15 is 0 Å². The summed E-state index contributed by atoms with van der Waals surface area (Å²) in [5, 5.41) is 1.68. The largest absolute Gasteiger partial charge is 0.268 e. The first-order chi connectivity index (χ1) is 5.47. The molecule has 0 saturated carbocycles. The summed E-state index contributed by atoms with van der Waals surface area (Å²) in [6.45, 7) is 0. The summed E-state index contributed by atoms with van der Waals surface area (Å²) < 4.78 is 12.3. The molecule has 0 aliphatic carbocycles. The van der Waals surface area contributed by atoms with Crippen LogP contribution in [0.15, 0.2) is 22.8 Å². The SMILES string of the molecule is CS(C)(=O)=Cc1cc(Br)ccn1. The van der Waals surface area contributed by atoms with E-state index in [2.05, 4.69) is 20.9 Å². The van der Waals surface area contributed by atoms with Crippen molar-refractivity contribution in [3.8, 4) is 0 Å². The molecule has 12 heavy (non-hydrogen) atoms. The Morgan fingerprint density at radius 2 is 2.25 bits per heavy atom. The lowest BCUT2D eigenvalue weighted by molar-refractivity contribution is 0.688. The molecule has 1 rings (SSSR count). The third kappa shape index (κ3) is 3.36. The molecule has 0 aliphatic rings. The van der Waals surface area contributed by atoms with Crippen LogP contribution in [0.4, 0.5) is 0 Å². The van der Waals surface area contributed by atoms with Crippen LogP contribution in [0.1, 0.15) is 5.69 Å². The van der Waals surface area contributed by atoms with Gasteiger partial charge in [-0.15, -0.1) is 0 Å². The molecule has 0 unspecified atom stereocenters. The molecule has 0 amide bonds. The number of halogens is 1. The first-order valence-corrected chi connectivity index (χ1v) is 6.61. The highest BCUT2D eigenvalue weighted by atomic mass is 79.9. The van der Waals surface area contributed by atoms with Gasteiger partial charge in [0.2, 0.25) is 0 Å². The van der Waals surface area contributed by atoms with Crippen molar-refractivity contribution in [3.05, 3.63) is 28.5 Å². The molecule has 0 fully saturated rings. The van der Waals surface area contributed by atoms with E-state index in [1.54, 1.807) is 24.1 Å². The topological polar surface area (TPSA) is 30.0 Å². The molecule has 1 aromatic rings. The van der Waals surface area contributed by atoms with Crippen molar-refractivity contribution < 1.29 is 4.21 Å². The molecule has 0 radical (unpaired) electrons. The van der Waals surface area contributed by atoms with E-state index in [9.17, 15) is 4.21 Å². The number of hydrogen-bond acceptors (Lipinski definition) is 2. The molecule has 0 aromatic carbocycles. The lowest BCUT2D eigenvalue weighted by Gasteiger charge is -1.96. The monoisotopic (exact) mass is 247 g/mol. The van der Waals surface area contributed by atoms with Crippen LogP contribution < -0.4 is 0 Å². The summed E-state index contributed by atoms with van der Waals surface area (Å²) in [7, 11) is -1.85. The average Bonchev–Trinajstić information content (AvgIpc) is 1.82. The summed E-state index contributed by atoms with van der Waals surface area (Å²) in [6.07, 6.45) is 5.06. The van der Waals surface area contributed by atoms with Gasteiger partial charge in [0.25, 0.3) is 0 Å². The van der Waals surface area contributed by atoms with Gasteiger partial charge in [0.1, 0.15) is 0 Å². The van der Waals surface area contributed by atoms with Crippen molar-refractivity contribution in [2.75, 3.05) is 12.5 Å². The molecule has 1 heterocycles. The first kappa shape index (κ1) is 9.74. The summed E-state index contributed by atoms with van der Waals surface area (Å²) in [5.74, 6) is 0. The van der Waals surface area contributed by atoms with Crippen LogP contribution in [0, 0.1) is 0 Å². The van der Waals surface area contributed by atoms with Crippen LogP contribution in [0.3, 0.4) is 0 Å². The van der Waals surface area contributed by atoms with Crippen LogP contribution in [0.5, 0.6) is 0 Å². The van der Waals surface area contributed by atoms with Crippen molar-refractivity contribution in [2.45, 2.75) is 0 Å². The fourth-order valence-electron chi connectivity index (χ4n) is 0.776. The van der Waals surface area contributed by atoms with Crippen LogP contribution in [0.25, 0.3) is 0 Å². The highest BCUT2D eigenvalue weighted by molar-refractivity contribution is 9.10. The number of aromatic nitrogens is 1. The van der Waals surface area contributed by atoms with Crippen LogP contribution in [-0.4, -0.2) is 27.1 Å². The predicted octanol–water partition coefficient (Wildman–Crippen LogP) is 1.54. The van der Waals surface area contributed by atoms with Gasteiger partial charge in [-0.25, -0.2) is 0 Å². The van der Waals surface area contributed by atoms with Gasteiger partial charge in [-0.1, -0.05) is 15.9 Å². The van der Waals surface area contributed by atoms with Crippen molar-refractivity contribution >= 4 is 30.8 Å². The van der Waals surface area contributed by atoms with Gasteiger partial charge in [0.15, 0.2) is 0 Å². The maximum Gasteiger partial charge on any atom is 0.0719 e. The summed E-state index contributed by atoms with van der Waals surface area (Å²) >= 11 is 3.32. The Morgan fingerprint density at radius 1 is 1.58 bits per heavy atom. The van der Waals surface area contributed by atoms with Gasteiger partial charge >= 0.3 is 0 Å². The minimum atomic E-state index is -1.85. The zero-order valence-electron chi connectivity index (χ0n) is 6.95. The minimum Gasteiger partial charge on any atom is -0.268 e. The van der Waals surface area contributed by atoms with Crippen molar-refractivity contribution in [3.63, 3.8) is 0 Å². The Hall–Kier alpha value is -0.350. The zero-order chi connectivity index (χ0) is 9.19. The molecular formula is C8H10BrNOS. The van der Waals surface area contributed by atoms with Crippen molar-refractivity contribution in [1.29, 1.82) is 0 Å². The molecule has 0 atom stereocenters. The molecule has 4 heteroatoms. The van der Waals surface area contributed by atoms with E-state index < -0.39 is 9.52 Å². The Kier molecular flexibility index (Phi) is 2.90. The van der Waals surface area contributed by atoms with E-state index in [1.807, 2.05) is 12.1 Å². The minimum absolute atomic E-state index is 0.749. The number of rotatable bonds is 1. The quantitative estimate of drug-likeness (QED) is 0.705. The molecule has 0 N–H and O–H groups in total. The van der Waals surface area contributed by atoms with Gasteiger partial charge in [-0.3, -0.25) is 9.19 Å². The van der Waals surface area contributed by atoms with Gasteiger partial charge in [0.05, 0.1) is 5.69 Å². The third-order valence-electron chi connectivity index (χ3n) is 1.15. The Morgan fingerprint density at radius 3 is 2.75 bits per heavy atom. The second kappa shape index (κ2) is 3.58. The van der Waals surface area contributed by atoms with Crippen LogP contribution in [-0.2, 0) is 9.52 Å². The fraction of sp³-hybridized carbons (Fsp3) is 0.250. The molecule has 0 aliphatic heterocycles. The normalized spacial score (nSPS) is 11.2. The summed E-state index contributed by atoms with van der Waals surface area (Å²) in [6, 6.07) is 3.68.